The number of nitrogens with one attached hydrogen (secondary N) is 1. The van der Waals surface area contributed by atoms with Gasteiger partial charge in [0.2, 0.25) is 0 Å². The largest absolute Gasteiger partial charge is 0.317 e. The normalized spacial score (nSPS) is 19.1. The number of piperidine rings is 1. The number of nitrogens with zero attached hydrogens (tertiary/aromatic N) is 1. The van der Waals surface area contributed by atoms with Crippen molar-refractivity contribution in [2.45, 2.75) is 32.6 Å². The van der Waals surface area contributed by atoms with Gasteiger partial charge in [-0.3, -0.25) is 0 Å². The van der Waals surface area contributed by atoms with Crippen LogP contribution in [0.15, 0.2) is 0 Å². The summed E-state index contributed by atoms with van der Waals surface area (Å²) in [5.74, 6) is 2.25. The highest BCUT2D eigenvalue weighted by atomic mass is 32.2. The van der Waals surface area contributed by atoms with E-state index in [1.165, 1.54) is 64.2 Å². The van der Waals surface area contributed by atoms with E-state index < -0.39 is 0 Å². The molecule has 1 fully saturated rings. The van der Waals surface area contributed by atoms with Gasteiger partial charge in [-0.1, -0.05) is 6.92 Å². The van der Waals surface area contributed by atoms with E-state index in [1.807, 2.05) is 11.8 Å². The Balaban J connectivity index is 1.84. The third kappa shape index (κ3) is 6.77. The van der Waals surface area contributed by atoms with Crippen molar-refractivity contribution in [2.75, 3.05) is 44.7 Å². The first-order valence-electron chi connectivity index (χ1n) is 6.75. The summed E-state index contributed by atoms with van der Waals surface area (Å²) in [5.41, 5.74) is 0. The summed E-state index contributed by atoms with van der Waals surface area (Å²) in [6.07, 6.45) is 7.61. The number of likely N-dealkylation sites (tertiary alicyclic amines) is 1. The van der Waals surface area contributed by atoms with E-state index in [-0.39, 0.29) is 0 Å². The lowest BCUT2D eigenvalue weighted by Gasteiger charge is -2.30. The first-order chi connectivity index (χ1) is 7.83. The molecule has 0 atom stereocenters. The van der Waals surface area contributed by atoms with Crippen molar-refractivity contribution in [1.82, 2.24) is 10.2 Å². The van der Waals surface area contributed by atoms with Crippen LogP contribution in [0.4, 0.5) is 0 Å². The molecule has 0 aromatic carbocycles. The molecule has 0 aromatic rings. The molecule has 3 heteroatoms. The molecular weight excluding hydrogens is 216 g/mol. The first kappa shape index (κ1) is 14.3. The van der Waals surface area contributed by atoms with Crippen molar-refractivity contribution >= 4 is 11.8 Å². The monoisotopic (exact) mass is 244 g/mol. The molecule has 0 aromatic heterocycles. The van der Waals surface area contributed by atoms with E-state index in [0.717, 1.165) is 5.92 Å². The lowest BCUT2D eigenvalue weighted by atomic mass is 9.99. The van der Waals surface area contributed by atoms with Gasteiger partial charge >= 0.3 is 0 Å². The second-order valence-electron chi connectivity index (χ2n) is 4.97. The van der Waals surface area contributed by atoms with E-state index in [4.69, 9.17) is 0 Å². The zero-order valence-electron chi connectivity index (χ0n) is 11.0. The highest BCUT2D eigenvalue weighted by Crippen LogP contribution is 2.15. The Morgan fingerprint density at radius 2 is 1.88 bits per heavy atom. The van der Waals surface area contributed by atoms with E-state index in [0.29, 0.717) is 0 Å². The van der Waals surface area contributed by atoms with Crippen molar-refractivity contribution in [1.29, 1.82) is 0 Å². The smallest absolute Gasteiger partial charge is 0.000664 e. The third-order valence-corrected chi connectivity index (χ3v) is 4.10. The summed E-state index contributed by atoms with van der Waals surface area (Å²) in [4.78, 5) is 2.63. The van der Waals surface area contributed by atoms with Crippen LogP contribution in [0.25, 0.3) is 0 Å². The fourth-order valence-electron chi connectivity index (χ4n) is 2.18. The topological polar surface area (TPSA) is 15.3 Å². The van der Waals surface area contributed by atoms with Crippen molar-refractivity contribution in [3.63, 3.8) is 0 Å². The number of thioether (sulfide) groups is 1. The molecule has 1 heterocycles. The van der Waals surface area contributed by atoms with Crippen LogP contribution in [0, 0.1) is 5.92 Å². The van der Waals surface area contributed by atoms with Gasteiger partial charge in [0.25, 0.3) is 0 Å². The maximum Gasteiger partial charge on any atom is -0.000664 e. The fourth-order valence-corrected chi connectivity index (χ4v) is 2.61. The maximum absolute atomic E-state index is 3.53. The zero-order valence-corrected chi connectivity index (χ0v) is 11.8. The minimum Gasteiger partial charge on any atom is -0.317 e. The molecule has 0 radical (unpaired) electrons. The van der Waals surface area contributed by atoms with Gasteiger partial charge in [-0.05, 0) is 76.3 Å². The van der Waals surface area contributed by atoms with Crippen LogP contribution in [-0.2, 0) is 0 Å². The van der Waals surface area contributed by atoms with Gasteiger partial charge < -0.3 is 10.2 Å². The maximum atomic E-state index is 3.53. The fraction of sp³-hybridized carbons (Fsp3) is 1.00. The highest BCUT2D eigenvalue weighted by molar-refractivity contribution is 7.98. The van der Waals surface area contributed by atoms with E-state index >= 15 is 0 Å². The molecule has 0 unspecified atom stereocenters. The van der Waals surface area contributed by atoms with Crippen LogP contribution in [-0.4, -0.2) is 49.6 Å². The van der Waals surface area contributed by atoms with Crippen LogP contribution < -0.4 is 5.32 Å². The van der Waals surface area contributed by atoms with Crippen LogP contribution in [0.5, 0.6) is 0 Å². The Morgan fingerprint density at radius 1 is 1.19 bits per heavy atom. The summed E-state index contributed by atoms with van der Waals surface area (Å²) in [5, 5.41) is 3.53. The van der Waals surface area contributed by atoms with Gasteiger partial charge in [0.1, 0.15) is 0 Å². The molecule has 16 heavy (non-hydrogen) atoms. The van der Waals surface area contributed by atoms with Gasteiger partial charge in [-0.25, -0.2) is 0 Å². The SMILES string of the molecule is CSCCCNCCCN1CCC(C)CC1. The van der Waals surface area contributed by atoms with E-state index in [2.05, 4.69) is 23.4 Å². The molecule has 0 saturated carbocycles. The highest BCUT2D eigenvalue weighted by Gasteiger charge is 2.14. The number of hydrogen-bond donors (Lipinski definition) is 1. The summed E-state index contributed by atoms with van der Waals surface area (Å²) in [7, 11) is 0. The first-order valence-corrected chi connectivity index (χ1v) is 8.14. The Hall–Kier alpha value is 0.270. The van der Waals surface area contributed by atoms with Crippen molar-refractivity contribution in [3.8, 4) is 0 Å². The Kier molecular flexibility index (Phi) is 8.34. The van der Waals surface area contributed by atoms with Gasteiger partial charge in [-0.2, -0.15) is 11.8 Å². The predicted octanol–water partition coefficient (Wildman–Crippen LogP) is 2.45. The molecule has 96 valence electrons. The molecule has 1 aliphatic heterocycles. The Morgan fingerprint density at radius 3 is 2.56 bits per heavy atom. The third-order valence-electron chi connectivity index (χ3n) is 3.41. The molecule has 1 saturated heterocycles. The van der Waals surface area contributed by atoms with E-state index in [9.17, 15) is 0 Å². The standard InChI is InChI=1S/C13H28N2S/c1-13-5-10-15(11-6-13)9-3-7-14-8-4-12-16-2/h13-14H,3-12H2,1-2H3. The van der Waals surface area contributed by atoms with Crippen LogP contribution in [0.3, 0.4) is 0 Å². The minimum absolute atomic E-state index is 0.959. The Bertz CT molecular complexity index is 156. The molecule has 0 bridgehead atoms. The average Bonchev–Trinajstić information content (AvgIpc) is 2.30. The van der Waals surface area contributed by atoms with Crippen LogP contribution in [0.1, 0.15) is 32.6 Å². The quantitative estimate of drug-likeness (QED) is 0.660. The van der Waals surface area contributed by atoms with Crippen LogP contribution in [0.2, 0.25) is 0 Å². The van der Waals surface area contributed by atoms with Crippen molar-refractivity contribution < 1.29 is 0 Å². The molecule has 1 aliphatic rings. The molecular formula is C13H28N2S. The lowest BCUT2D eigenvalue weighted by molar-refractivity contribution is 0.190. The molecule has 1 N–H and O–H groups in total. The van der Waals surface area contributed by atoms with Gasteiger partial charge in [-0.15, -0.1) is 0 Å². The second kappa shape index (κ2) is 9.32. The molecule has 0 spiro atoms. The lowest BCUT2D eigenvalue weighted by Crippen LogP contribution is -2.34. The van der Waals surface area contributed by atoms with Crippen molar-refractivity contribution in [2.24, 2.45) is 5.92 Å². The molecule has 2 nitrogen and oxygen atoms in total. The Labute approximate surface area is 106 Å². The number of rotatable bonds is 8. The summed E-state index contributed by atoms with van der Waals surface area (Å²) >= 11 is 1.94. The van der Waals surface area contributed by atoms with Gasteiger partial charge in [0.05, 0.1) is 0 Å². The average molecular weight is 244 g/mol. The summed E-state index contributed by atoms with van der Waals surface area (Å²) in [6, 6.07) is 0. The van der Waals surface area contributed by atoms with Crippen molar-refractivity contribution in [3.05, 3.63) is 0 Å². The minimum atomic E-state index is 0.959. The van der Waals surface area contributed by atoms with Crippen LogP contribution >= 0.6 is 11.8 Å². The second-order valence-corrected chi connectivity index (χ2v) is 5.96. The summed E-state index contributed by atoms with van der Waals surface area (Å²) < 4.78 is 0. The molecule has 0 aliphatic carbocycles. The number of hydrogen-bond acceptors (Lipinski definition) is 3. The van der Waals surface area contributed by atoms with Gasteiger partial charge in [0.15, 0.2) is 0 Å². The zero-order chi connectivity index (χ0) is 11.6. The van der Waals surface area contributed by atoms with Gasteiger partial charge in [0, 0.05) is 0 Å². The molecule has 0 amide bonds. The molecule has 1 rings (SSSR count). The summed E-state index contributed by atoms with van der Waals surface area (Å²) in [6.45, 7) is 8.71. The van der Waals surface area contributed by atoms with E-state index in [1.54, 1.807) is 0 Å². The predicted molar refractivity (Wildman–Crippen MR) is 75.3 cm³/mol.